The Labute approximate surface area is 177 Å². The quantitative estimate of drug-likeness (QED) is 0.203. The predicted octanol–water partition coefficient (Wildman–Crippen LogP) is 5.00. The molecule has 3 aromatic carbocycles. The number of non-ortho nitro benzene ring substituents is 1. The van der Waals surface area contributed by atoms with Gasteiger partial charge in [-0.05, 0) is 24.6 Å². The average Bonchev–Trinajstić information content (AvgIpc) is 3.07. The number of fused-ring (bicyclic) bond motifs is 1. The van der Waals surface area contributed by atoms with Crippen molar-refractivity contribution < 1.29 is 4.92 Å². The number of benzene rings is 3. The van der Waals surface area contributed by atoms with E-state index in [1.807, 2.05) is 50.4 Å². The van der Waals surface area contributed by atoms with E-state index >= 15 is 0 Å². The van der Waals surface area contributed by atoms with E-state index in [0.717, 1.165) is 26.1 Å². The number of rotatable bonds is 4. The number of amidine groups is 1. The molecule has 1 aromatic heterocycles. The summed E-state index contributed by atoms with van der Waals surface area (Å²) in [6.07, 6.45) is 0. The number of nitrogens with zero attached hydrogens (tertiary/aromatic N) is 4. The fraction of sp³-hybridized carbons (Fsp3) is 0.130. The Kier molecular flexibility index (Phi) is 5.54. The third-order valence-corrected chi connectivity index (χ3v) is 5.90. The fourth-order valence-electron chi connectivity index (χ4n) is 3.06. The topological polar surface area (TPSA) is 72.8 Å². The van der Waals surface area contributed by atoms with Crippen molar-refractivity contribution >= 4 is 33.1 Å². The minimum Gasteiger partial charge on any atom is -0.319 e. The summed E-state index contributed by atoms with van der Waals surface area (Å²) in [5.41, 5.74) is 4.19. The van der Waals surface area contributed by atoms with E-state index in [9.17, 15) is 10.1 Å². The van der Waals surface area contributed by atoms with Gasteiger partial charge in [0.1, 0.15) is 0 Å². The van der Waals surface area contributed by atoms with Crippen LogP contribution >= 0.6 is 11.3 Å². The smallest absolute Gasteiger partial charge is 0.269 e. The van der Waals surface area contributed by atoms with Crippen molar-refractivity contribution in [3.05, 3.63) is 104 Å². The summed E-state index contributed by atoms with van der Waals surface area (Å²) in [6, 6.07) is 22.8. The highest BCUT2D eigenvalue weighted by Gasteiger charge is 2.07. The molecule has 150 valence electrons. The zero-order valence-corrected chi connectivity index (χ0v) is 17.5. The molecule has 4 aromatic rings. The van der Waals surface area contributed by atoms with Gasteiger partial charge in [-0.3, -0.25) is 15.1 Å². The molecule has 30 heavy (non-hydrogen) atoms. The Bertz CT molecular complexity index is 1300. The van der Waals surface area contributed by atoms with Gasteiger partial charge in [-0.25, -0.2) is 4.99 Å². The Morgan fingerprint density at radius 2 is 1.73 bits per heavy atom. The number of thiazole rings is 1. The number of nitro benzene ring substituents is 1. The first-order valence-corrected chi connectivity index (χ1v) is 10.3. The monoisotopic (exact) mass is 416 g/mol. The van der Waals surface area contributed by atoms with Crippen molar-refractivity contribution in [3.63, 3.8) is 0 Å². The van der Waals surface area contributed by atoms with Crippen LogP contribution in [0.1, 0.15) is 16.7 Å². The summed E-state index contributed by atoms with van der Waals surface area (Å²) < 4.78 is 3.23. The summed E-state index contributed by atoms with van der Waals surface area (Å²) in [6.45, 7) is 2.43. The van der Waals surface area contributed by atoms with Crippen molar-refractivity contribution in [2.75, 3.05) is 0 Å². The van der Waals surface area contributed by atoms with E-state index in [0.29, 0.717) is 12.4 Å². The van der Waals surface area contributed by atoms with Gasteiger partial charge in [-0.15, -0.1) is 0 Å². The molecule has 0 aliphatic carbocycles. The van der Waals surface area contributed by atoms with Gasteiger partial charge in [0.2, 0.25) is 0 Å². The highest BCUT2D eigenvalue weighted by Crippen LogP contribution is 2.16. The van der Waals surface area contributed by atoms with Crippen molar-refractivity contribution in [1.29, 1.82) is 0 Å². The van der Waals surface area contributed by atoms with E-state index in [2.05, 4.69) is 16.7 Å². The van der Waals surface area contributed by atoms with E-state index in [-0.39, 0.29) is 5.69 Å². The molecule has 0 amide bonds. The molecule has 0 saturated carbocycles. The molecule has 0 fully saturated rings. The van der Waals surface area contributed by atoms with Gasteiger partial charge in [-0.2, -0.15) is 0 Å². The van der Waals surface area contributed by atoms with Crippen LogP contribution in [0.25, 0.3) is 10.2 Å². The maximum atomic E-state index is 10.9. The van der Waals surface area contributed by atoms with Crippen molar-refractivity contribution in [2.45, 2.75) is 13.5 Å². The minimum atomic E-state index is -0.401. The predicted molar refractivity (Wildman–Crippen MR) is 121 cm³/mol. The normalized spacial score (nSPS) is 12.5. The largest absolute Gasteiger partial charge is 0.319 e. The summed E-state index contributed by atoms with van der Waals surface area (Å²) >= 11 is 1.62. The lowest BCUT2D eigenvalue weighted by atomic mass is 10.1. The van der Waals surface area contributed by atoms with Crippen LogP contribution in [0.3, 0.4) is 0 Å². The number of aryl methyl sites for hydroxylation is 2. The van der Waals surface area contributed by atoms with Gasteiger partial charge in [-0.1, -0.05) is 65.4 Å². The first-order valence-electron chi connectivity index (χ1n) is 9.45. The van der Waals surface area contributed by atoms with Crippen LogP contribution in [0.5, 0.6) is 0 Å². The van der Waals surface area contributed by atoms with Gasteiger partial charge in [0.05, 0.1) is 21.7 Å². The molecule has 0 N–H and O–H groups in total. The molecule has 7 heteroatoms. The lowest BCUT2D eigenvalue weighted by Crippen LogP contribution is -2.14. The molecule has 0 aliphatic heterocycles. The molecule has 4 rings (SSSR count). The lowest BCUT2D eigenvalue weighted by Gasteiger charge is -2.04. The van der Waals surface area contributed by atoms with E-state index in [4.69, 9.17) is 9.98 Å². The Balaban J connectivity index is 1.76. The van der Waals surface area contributed by atoms with Gasteiger partial charge >= 0.3 is 0 Å². The SMILES string of the molecule is Cc1ccc(C(=NCc2ccc([N+](=O)[O-])cc2)N=c2sc3ccccc3n2C)cc1. The Hall–Kier alpha value is -3.58. The van der Waals surface area contributed by atoms with Crippen LogP contribution in [-0.2, 0) is 13.6 Å². The second kappa shape index (κ2) is 8.42. The Morgan fingerprint density at radius 1 is 1.03 bits per heavy atom. The summed E-state index contributed by atoms with van der Waals surface area (Å²) in [7, 11) is 2.00. The molecule has 0 unspecified atom stereocenters. The molecule has 1 heterocycles. The molecule has 0 radical (unpaired) electrons. The second-order valence-corrected chi connectivity index (χ2v) is 7.96. The number of nitro groups is 1. The van der Waals surface area contributed by atoms with Crippen molar-refractivity contribution in [1.82, 2.24) is 4.57 Å². The number of hydrogen-bond donors (Lipinski definition) is 0. The van der Waals surface area contributed by atoms with Crippen LogP contribution < -0.4 is 4.80 Å². The van der Waals surface area contributed by atoms with Crippen molar-refractivity contribution in [2.24, 2.45) is 17.0 Å². The molecule has 0 spiro atoms. The first kappa shape index (κ1) is 19.7. The zero-order chi connectivity index (χ0) is 21.1. The first-order chi connectivity index (χ1) is 14.5. The Morgan fingerprint density at radius 3 is 2.40 bits per heavy atom. The number of hydrogen-bond acceptors (Lipinski definition) is 4. The molecule has 6 nitrogen and oxygen atoms in total. The number of aromatic nitrogens is 1. The van der Waals surface area contributed by atoms with Gasteiger partial charge in [0, 0.05) is 24.7 Å². The maximum absolute atomic E-state index is 10.9. The van der Waals surface area contributed by atoms with Gasteiger partial charge in [0.15, 0.2) is 10.6 Å². The minimum absolute atomic E-state index is 0.0727. The lowest BCUT2D eigenvalue weighted by molar-refractivity contribution is -0.384. The zero-order valence-electron chi connectivity index (χ0n) is 16.6. The van der Waals surface area contributed by atoms with Gasteiger partial charge < -0.3 is 4.57 Å². The van der Waals surface area contributed by atoms with Crippen LogP contribution in [-0.4, -0.2) is 15.3 Å². The second-order valence-electron chi connectivity index (χ2n) is 6.95. The number of aliphatic imine (C=N–C) groups is 1. The van der Waals surface area contributed by atoms with Crippen LogP contribution in [0, 0.1) is 17.0 Å². The third kappa shape index (κ3) is 4.21. The van der Waals surface area contributed by atoms with Crippen LogP contribution in [0.15, 0.2) is 82.8 Å². The standard InChI is InChI=1S/C23H20N4O2S/c1-16-7-11-18(12-8-16)22(24-15-17-9-13-19(14-10-17)27(28)29)25-23-26(2)20-5-3-4-6-21(20)30-23/h3-14H,15H2,1-2H3. The maximum Gasteiger partial charge on any atom is 0.269 e. The highest BCUT2D eigenvalue weighted by molar-refractivity contribution is 7.16. The summed E-state index contributed by atoms with van der Waals surface area (Å²) in [5, 5.41) is 10.9. The van der Waals surface area contributed by atoms with E-state index < -0.39 is 4.92 Å². The van der Waals surface area contributed by atoms with Crippen LogP contribution in [0.4, 0.5) is 5.69 Å². The summed E-state index contributed by atoms with van der Waals surface area (Å²) in [5.74, 6) is 0.635. The molecular weight excluding hydrogens is 396 g/mol. The molecule has 0 aliphatic rings. The van der Waals surface area contributed by atoms with Gasteiger partial charge in [0.25, 0.3) is 5.69 Å². The fourth-order valence-corrected chi connectivity index (χ4v) is 4.08. The van der Waals surface area contributed by atoms with E-state index in [1.54, 1.807) is 23.5 Å². The molecular formula is C23H20N4O2S. The molecule has 0 atom stereocenters. The summed E-state index contributed by atoms with van der Waals surface area (Å²) in [4.78, 5) is 20.9. The van der Waals surface area contributed by atoms with Crippen LogP contribution in [0.2, 0.25) is 0 Å². The molecule has 0 saturated heterocycles. The molecule has 0 bridgehead atoms. The third-order valence-electron chi connectivity index (χ3n) is 4.78. The van der Waals surface area contributed by atoms with E-state index in [1.165, 1.54) is 17.7 Å². The number of para-hydroxylation sites is 1. The average molecular weight is 417 g/mol. The highest BCUT2D eigenvalue weighted by atomic mass is 32.1. The van der Waals surface area contributed by atoms with Crippen molar-refractivity contribution in [3.8, 4) is 0 Å².